The maximum Gasteiger partial charge on any atom is 0.161 e. The van der Waals surface area contributed by atoms with Gasteiger partial charge in [-0.3, -0.25) is 9.69 Å². The Kier molecular flexibility index (Phi) is 6.60. The third-order valence-electron chi connectivity index (χ3n) is 5.39. The van der Waals surface area contributed by atoms with Crippen molar-refractivity contribution in [1.82, 2.24) is 14.7 Å². The van der Waals surface area contributed by atoms with E-state index in [-0.39, 0.29) is 11.6 Å². The molecule has 162 valence electrons. The van der Waals surface area contributed by atoms with E-state index < -0.39 is 6.17 Å². The second-order valence-electron chi connectivity index (χ2n) is 7.17. The van der Waals surface area contributed by atoms with Crippen molar-refractivity contribution in [3.63, 3.8) is 0 Å². The van der Waals surface area contributed by atoms with Crippen LogP contribution >= 0.6 is 23.4 Å². The van der Waals surface area contributed by atoms with Crippen molar-refractivity contribution in [1.29, 1.82) is 0 Å². The number of piperazine rings is 1. The molecule has 0 bridgehead atoms. The number of nitrogens with zero attached hydrogens (tertiary/aromatic N) is 4. The first-order valence-electron chi connectivity index (χ1n) is 9.79. The van der Waals surface area contributed by atoms with Crippen molar-refractivity contribution >= 4 is 35.3 Å². The van der Waals surface area contributed by atoms with Crippen LogP contribution in [0.5, 0.6) is 0 Å². The van der Waals surface area contributed by atoms with Crippen LogP contribution in [0.2, 0.25) is 5.02 Å². The topological polar surface area (TPSA) is 41.4 Å². The summed E-state index contributed by atoms with van der Waals surface area (Å²) in [5.41, 5.74) is 2.22. The minimum atomic E-state index is -0.645. The zero-order chi connectivity index (χ0) is 22.0. The normalized spacial score (nSPS) is 15.8. The number of hydrogen-bond acceptors (Lipinski definition) is 5. The van der Waals surface area contributed by atoms with Gasteiger partial charge in [0.15, 0.2) is 12.5 Å². The number of carbonyl (C=O) groups is 1. The molecule has 1 fully saturated rings. The second kappa shape index (κ2) is 9.38. The highest BCUT2D eigenvalue weighted by atomic mass is 35.5. The monoisotopic (exact) mass is 462 g/mol. The fourth-order valence-corrected chi connectivity index (χ4v) is 4.69. The molecular weight excluding hydrogens is 442 g/mol. The Balaban J connectivity index is 1.60. The van der Waals surface area contributed by atoms with Crippen LogP contribution in [0.1, 0.15) is 6.17 Å². The summed E-state index contributed by atoms with van der Waals surface area (Å²) in [5, 5.41) is 5.64. The van der Waals surface area contributed by atoms with E-state index in [1.807, 2.05) is 11.2 Å². The van der Waals surface area contributed by atoms with Gasteiger partial charge in [0.1, 0.15) is 21.7 Å². The minimum Gasteiger partial charge on any atom is -0.369 e. The quantitative estimate of drug-likeness (QED) is 0.391. The maximum absolute atomic E-state index is 13.4. The number of thioether (sulfide) groups is 1. The summed E-state index contributed by atoms with van der Waals surface area (Å²) in [6, 6.07) is 12.4. The van der Waals surface area contributed by atoms with E-state index >= 15 is 0 Å². The molecule has 0 amide bonds. The fraction of sp³-hybridized carbons (Fsp3) is 0.273. The summed E-state index contributed by atoms with van der Waals surface area (Å²) < 4.78 is 28.3. The smallest absolute Gasteiger partial charge is 0.161 e. The molecule has 2 heterocycles. The lowest BCUT2D eigenvalue weighted by Gasteiger charge is -2.38. The van der Waals surface area contributed by atoms with Gasteiger partial charge in [-0.25, -0.2) is 13.5 Å². The van der Waals surface area contributed by atoms with Crippen molar-refractivity contribution in [2.45, 2.75) is 11.2 Å². The average Bonchev–Trinajstić information content (AvgIpc) is 3.12. The molecule has 0 radical (unpaired) electrons. The highest BCUT2D eigenvalue weighted by molar-refractivity contribution is 7.98. The van der Waals surface area contributed by atoms with Gasteiger partial charge in [-0.15, -0.1) is 11.8 Å². The third kappa shape index (κ3) is 4.46. The van der Waals surface area contributed by atoms with E-state index in [1.54, 1.807) is 28.9 Å². The Hall–Kier alpha value is -2.42. The molecule has 1 aliphatic rings. The fourth-order valence-electron chi connectivity index (χ4n) is 3.78. The Bertz CT molecular complexity index is 1050. The van der Waals surface area contributed by atoms with E-state index in [0.717, 1.165) is 12.0 Å². The predicted octanol–water partition coefficient (Wildman–Crippen LogP) is 4.72. The number of aromatic nitrogens is 2. The van der Waals surface area contributed by atoms with Crippen LogP contribution in [-0.4, -0.2) is 53.4 Å². The van der Waals surface area contributed by atoms with Crippen molar-refractivity contribution in [3.8, 4) is 11.3 Å². The lowest BCUT2D eigenvalue weighted by atomic mass is 10.1. The molecule has 1 unspecified atom stereocenters. The average molecular weight is 463 g/mol. The first-order valence-corrected chi connectivity index (χ1v) is 11.4. The van der Waals surface area contributed by atoms with Crippen LogP contribution in [0.15, 0.2) is 53.6 Å². The predicted molar refractivity (Wildman–Crippen MR) is 120 cm³/mol. The molecule has 1 aromatic heterocycles. The molecule has 1 atom stereocenters. The van der Waals surface area contributed by atoms with E-state index in [1.165, 1.54) is 36.0 Å². The van der Waals surface area contributed by atoms with Crippen LogP contribution in [0.4, 0.5) is 14.5 Å². The number of anilines is 1. The first kappa shape index (κ1) is 21.8. The molecule has 9 heteroatoms. The lowest BCUT2D eigenvalue weighted by Crippen LogP contribution is -2.49. The number of halogens is 3. The van der Waals surface area contributed by atoms with E-state index in [9.17, 15) is 13.6 Å². The van der Waals surface area contributed by atoms with Gasteiger partial charge < -0.3 is 4.90 Å². The maximum atomic E-state index is 13.4. The second-order valence-corrected chi connectivity index (χ2v) is 8.35. The van der Waals surface area contributed by atoms with Gasteiger partial charge in [-0.1, -0.05) is 11.6 Å². The van der Waals surface area contributed by atoms with Crippen molar-refractivity contribution in [2.24, 2.45) is 0 Å². The Labute approximate surface area is 188 Å². The number of carbonyl (C=O) groups excluding carboxylic acids is 1. The standard InChI is InChI=1S/C22H21ClF2N4OS/c1-31-22-20(23)21(15-2-4-16(24)5-3-15)29(26-22)19(14-30)28-12-10-27(11-13-28)18-8-6-17(25)7-9-18/h2-9,14,19H,10-13H2,1H3. The van der Waals surface area contributed by atoms with Gasteiger partial charge in [-0.05, 0) is 54.8 Å². The van der Waals surface area contributed by atoms with Gasteiger partial charge in [0, 0.05) is 37.4 Å². The number of benzene rings is 2. The van der Waals surface area contributed by atoms with Crippen molar-refractivity contribution < 1.29 is 13.6 Å². The molecule has 1 saturated heterocycles. The Morgan fingerprint density at radius 3 is 2.13 bits per heavy atom. The number of aldehydes is 1. The molecule has 0 saturated carbocycles. The zero-order valence-corrected chi connectivity index (χ0v) is 18.4. The SMILES string of the molecule is CSc1nn(C(C=O)N2CCN(c3ccc(F)cc3)CC2)c(-c2ccc(F)cc2)c1Cl. The molecule has 4 rings (SSSR count). The number of rotatable bonds is 6. The summed E-state index contributed by atoms with van der Waals surface area (Å²) in [7, 11) is 0. The molecule has 0 aliphatic carbocycles. The molecule has 2 aromatic carbocycles. The highest BCUT2D eigenvalue weighted by Crippen LogP contribution is 2.37. The summed E-state index contributed by atoms with van der Waals surface area (Å²) in [5.74, 6) is -0.614. The van der Waals surface area contributed by atoms with Crippen LogP contribution < -0.4 is 4.90 Å². The third-order valence-corrected chi connectivity index (χ3v) is 6.53. The molecular formula is C22H21ClF2N4OS. The molecule has 31 heavy (non-hydrogen) atoms. The van der Waals surface area contributed by atoms with E-state index in [2.05, 4.69) is 10.00 Å². The number of hydrogen-bond donors (Lipinski definition) is 0. The zero-order valence-electron chi connectivity index (χ0n) is 16.8. The van der Waals surface area contributed by atoms with Crippen molar-refractivity contribution in [3.05, 3.63) is 65.2 Å². The Morgan fingerprint density at radius 2 is 1.58 bits per heavy atom. The van der Waals surface area contributed by atoms with Gasteiger partial charge in [0.2, 0.25) is 0 Å². The van der Waals surface area contributed by atoms with Crippen LogP contribution in [0.3, 0.4) is 0 Å². The van der Waals surface area contributed by atoms with Crippen LogP contribution in [0.25, 0.3) is 11.3 Å². The summed E-state index contributed by atoms with van der Waals surface area (Å²) in [6.07, 6.45) is 2.08. The largest absolute Gasteiger partial charge is 0.369 e. The van der Waals surface area contributed by atoms with Gasteiger partial charge >= 0.3 is 0 Å². The molecule has 1 aliphatic heterocycles. The molecule has 5 nitrogen and oxygen atoms in total. The van der Waals surface area contributed by atoms with E-state index in [0.29, 0.717) is 47.5 Å². The van der Waals surface area contributed by atoms with E-state index in [4.69, 9.17) is 11.6 Å². The first-order chi connectivity index (χ1) is 15.0. The van der Waals surface area contributed by atoms with Gasteiger partial charge in [0.25, 0.3) is 0 Å². The van der Waals surface area contributed by atoms with Crippen molar-refractivity contribution in [2.75, 3.05) is 37.3 Å². The van der Waals surface area contributed by atoms with Crippen LogP contribution in [-0.2, 0) is 4.79 Å². The van der Waals surface area contributed by atoms with Gasteiger partial charge in [0.05, 0.1) is 5.69 Å². The van der Waals surface area contributed by atoms with Crippen LogP contribution in [0, 0.1) is 11.6 Å². The Morgan fingerprint density at radius 1 is 1.00 bits per heavy atom. The van der Waals surface area contributed by atoms with Gasteiger partial charge in [-0.2, -0.15) is 5.10 Å². The minimum absolute atomic E-state index is 0.267. The molecule has 3 aromatic rings. The summed E-state index contributed by atoms with van der Waals surface area (Å²) >= 11 is 7.98. The highest BCUT2D eigenvalue weighted by Gasteiger charge is 2.29. The molecule has 0 spiro atoms. The summed E-state index contributed by atoms with van der Waals surface area (Å²) in [6.45, 7) is 2.62. The molecule has 0 N–H and O–H groups in total. The lowest BCUT2D eigenvalue weighted by molar-refractivity contribution is -0.115. The summed E-state index contributed by atoms with van der Waals surface area (Å²) in [4.78, 5) is 16.4.